The standard InChI is InChI=1S/C14H22N4O2/c1-2-20-13-6-4-3-5-12(13)18-9-7-17(8-10-18)11-14(19)16-15/h3-6H,2,7-11,15H2,1H3,(H,16,19). The van der Waals surface area contributed by atoms with E-state index in [4.69, 9.17) is 10.6 Å². The highest BCUT2D eigenvalue weighted by Gasteiger charge is 2.20. The van der Waals surface area contributed by atoms with Crippen LogP contribution in [0.15, 0.2) is 24.3 Å². The van der Waals surface area contributed by atoms with Gasteiger partial charge in [0, 0.05) is 26.2 Å². The number of carbonyl (C=O) groups excluding carboxylic acids is 1. The van der Waals surface area contributed by atoms with Gasteiger partial charge in [0.2, 0.25) is 5.91 Å². The molecule has 110 valence electrons. The number of amides is 1. The fourth-order valence-electron chi connectivity index (χ4n) is 2.39. The summed E-state index contributed by atoms with van der Waals surface area (Å²) >= 11 is 0. The minimum Gasteiger partial charge on any atom is -0.492 e. The quantitative estimate of drug-likeness (QED) is 0.457. The highest BCUT2D eigenvalue weighted by molar-refractivity contribution is 5.77. The molecule has 0 radical (unpaired) electrons. The van der Waals surface area contributed by atoms with E-state index < -0.39 is 0 Å². The number of anilines is 1. The van der Waals surface area contributed by atoms with Gasteiger partial charge in [-0.3, -0.25) is 15.1 Å². The van der Waals surface area contributed by atoms with Crippen molar-refractivity contribution in [2.45, 2.75) is 6.92 Å². The maximum absolute atomic E-state index is 11.3. The molecule has 2 rings (SSSR count). The van der Waals surface area contributed by atoms with E-state index in [-0.39, 0.29) is 5.91 Å². The second-order valence-electron chi connectivity index (χ2n) is 4.73. The Balaban J connectivity index is 1.95. The smallest absolute Gasteiger partial charge is 0.248 e. The second-order valence-corrected chi connectivity index (χ2v) is 4.73. The number of benzene rings is 1. The van der Waals surface area contributed by atoms with Gasteiger partial charge >= 0.3 is 0 Å². The van der Waals surface area contributed by atoms with Gasteiger partial charge in [0.15, 0.2) is 0 Å². The molecule has 1 aromatic rings. The molecule has 6 heteroatoms. The molecular weight excluding hydrogens is 256 g/mol. The topological polar surface area (TPSA) is 70.8 Å². The van der Waals surface area contributed by atoms with Crippen LogP contribution < -0.4 is 20.9 Å². The summed E-state index contributed by atoms with van der Waals surface area (Å²) in [5.41, 5.74) is 3.29. The van der Waals surface area contributed by atoms with Crippen molar-refractivity contribution < 1.29 is 9.53 Å². The number of hydrazine groups is 1. The Labute approximate surface area is 119 Å². The van der Waals surface area contributed by atoms with Gasteiger partial charge in [-0.25, -0.2) is 5.84 Å². The van der Waals surface area contributed by atoms with Crippen LogP contribution in [0.1, 0.15) is 6.92 Å². The third-order valence-electron chi connectivity index (χ3n) is 3.41. The van der Waals surface area contributed by atoms with Crippen LogP contribution in [0.5, 0.6) is 5.75 Å². The molecular formula is C14H22N4O2. The van der Waals surface area contributed by atoms with Crippen molar-refractivity contribution in [2.24, 2.45) is 5.84 Å². The lowest BCUT2D eigenvalue weighted by Gasteiger charge is -2.36. The van der Waals surface area contributed by atoms with E-state index in [1.807, 2.05) is 25.1 Å². The molecule has 20 heavy (non-hydrogen) atoms. The van der Waals surface area contributed by atoms with Crippen LogP contribution in [0.2, 0.25) is 0 Å². The van der Waals surface area contributed by atoms with Gasteiger partial charge in [0.05, 0.1) is 18.8 Å². The Morgan fingerprint density at radius 3 is 2.65 bits per heavy atom. The Morgan fingerprint density at radius 2 is 2.00 bits per heavy atom. The van der Waals surface area contributed by atoms with Crippen molar-refractivity contribution in [2.75, 3.05) is 44.2 Å². The number of nitrogens with two attached hydrogens (primary N) is 1. The number of nitrogens with zero attached hydrogens (tertiary/aromatic N) is 2. The Hall–Kier alpha value is -1.79. The number of hydrogen-bond acceptors (Lipinski definition) is 5. The normalized spacial score (nSPS) is 16.0. The summed E-state index contributed by atoms with van der Waals surface area (Å²) < 4.78 is 5.66. The van der Waals surface area contributed by atoms with Gasteiger partial charge in [0.25, 0.3) is 0 Å². The van der Waals surface area contributed by atoms with Crippen LogP contribution in [-0.2, 0) is 4.79 Å². The third-order valence-corrected chi connectivity index (χ3v) is 3.41. The van der Waals surface area contributed by atoms with Crippen LogP contribution in [0.3, 0.4) is 0 Å². The number of piperazine rings is 1. The summed E-state index contributed by atoms with van der Waals surface area (Å²) in [6.07, 6.45) is 0. The van der Waals surface area contributed by atoms with Crippen molar-refractivity contribution in [1.82, 2.24) is 10.3 Å². The van der Waals surface area contributed by atoms with E-state index in [2.05, 4.69) is 21.3 Å². The average Bonchev–Trinajstić information content (AvgIpc) is 2.49. The van der Waals surface area contributed by atoms with E-state index >= 15 is 0 Å². The van der Waals surface area contributed by atoms with Crippen LogP contribution in [0.4, 0.5) is 5.69 Å². The molecule has 1 amide bonds. The predicted molar refractivity (Wildman–Crippen MR) is 78.6 cm³/mol. The molecule has 1 saturated heterocycles. The average molecular weight is 278 g/mol. The molecule has 1 aliphatic rings. The number of rotatable bonds is 5. The largest absolute Gasteiger partial charge is 0.492 e. The maximum Gasteiger partial charge on any atom is 0.248 e. The highest BCUT2D eigenvalue weighted by Crippen LogP contribution is 2.28. The third kappa shape index (κ3) is 3.61. The van der Waals surface area contributed by atoms with Crippen molar-refractivity contribution >= 4 is 11.6 Å². The van der Waals surface area contributed by atoms with E-state index in [1.54, 1.807) is 0 Å². The Bertz CT molecular complexity index is 445. The second kappa shape index (κ2) is 7.12. The number of hydrogen-bond donors (Lipinski definition) is 2. The lowest BCUT2D eigenvalue weighted by molar-refractivity contribution is -0.122. The van der Waals surface area contributed by atoms with Gasteiger partial charge in [-0.2, -0.15) is 0 Å². The summed E-state index contributed by atoms with van der Waals surface area (Å²) in [6, 6.07) is 8.07. The molecule has 0 aliphatic carbocycles. The zero-order chi connectivity index (χ0) is 14.4. The molecule has 6 nitrogen and oxygen atoms in total. The number of carbonyl (C=O) groups is 1. The predicted octanol–water partition coefficient (Wildman–Crippen LogP) is 0.197. The molecule has 1 fully saturated rings. The van der Waals surface area contributed by atoms with Gasteiger partial charge in [0.1, 0.15) is 5.75 Å². The number of nitrogens with one attached hydrogen (secondary N) is 1. The van der Waals surface area contributed by atoms with Gasteiger partial charge in [-0.15, -0.1) is 0 Å². The first-order chi connectivity index (χ1) is 9.74. The van der Waals surface area contributed by atoms with E-state index in [9.17, 15) is 4.79 Å². The summed E-state index contributed by atoms with van der Waals surface area (Å²) in [6.45, 7) is 6.44. The lowest BCUT2D eigenvalue weighted by atomic mass is 10.2. The van der Waals surface area contributed by atoms with Crippen LogP contribution in [-0.4, -0.2) is 50.1 Å². The fourth-order valence-corrected chi connectivity index (χ4v) is 2.39. The maximum atomic E-state index is 11.3. The Kier molecular flexibility index (Phi) is 5.20. The van der Waals surface area contributed by atoms with Crippen LogP contribution >= 0.6 is 0 Å². The SMILES string of the molecule is CCOc1ccccc1N1CCN(CC(=O)NN)CC1. The van der Waals surface area contributed by atoms with E-state index in [0.717, 1.165) is 37.6 Å². The van der Waals surface area contributed by atoms with Crippen molar-refractivity contribution in [3.05, 3.63) is 24.3 Å². The van der Waals surface area contributed by atoms with Crippen LogP contribution in [0.25, 0.3) is 0 Å². The molecule has 1 aliphatic heterocycles. The first-order valence-corrected chi connectivity index (χ1v) is 6.93. The summed E-state index contributed by atoms with van der Waals surface area (Å²) in [4.78, 5) is 15.7. The molecule has 1 heterocycles. The van der Waals surface area contributed by atoms with E-state index in [1.165, 1.54) is 0 Å². The number of para-hydroxylation sites is 2. The monoisotopic (exact) mass is 278 g/mol. The molecule has 0 unspecified atom stereocenters. The van der Waals surface area contributed by atoms with E-state index in [0.29, 0.717) is 13.2 Å². The minimum atomic E-state index is -0.145. The minimum absolute atomic E-state index is 0.145. The molecule has 0 bridgehead atoms. The van der Waals surface area contributed by atoms with Gasteiger partial charge in [-0.05, 0) is 19.1 Å². The summed E-state index contributed by atoms with van der Waals surface area (Å²) in [5.74, 6) is 5.88. The van der Waals surface area contributed by atoms with Gasteiger partial charge in [-0.1, -0.05) is 12.1 Å². The molecule has 0 spiro atoms. The molecule has 0 saturated carbocycles. The molecule has 3 N–H and O–H groups in total. The van der Waals surface area contributed by atoms with Crippen molar-refractivity contribution in [3.63, 3.8) is 0 Å². The lowest BCUT2D eigenvalue weighted by Crippen LogP contribution is -2.50. The van der Waals surface area contributed by atoms with Crippen molar-refractivity contribution in [1.29, 1.82) is 0 Å². The molecule has 1 aromatic carbocycles. The summed E-state index contributed by atoms with van der Waals surface area (Å²) in [5, 5.41) is 0. The Morgan fingerprint density at radius 1 is 1.30 bits per heavy atom. The zero-order valence-corrected chi connectivity index (χ0v) is 11.8. The fraction of sp³-hybridized carbons (Fsp3) is 0.500. The van der Waals surface area contributed by atoms with Gasteiger partial charge < -0.3 is 9.64 Å². The highest BCUT2D eigenvalue weighted by atomic mass is 16.5. The first-order valence-electron chi connectivity index (χ1n) is 6.93. The first kappa shape index (κ1) is 14.6. The number of ether oxygens (including phenoxy) is 1. The summed E-state index contributed by atoms with van der Waals surface area (Å²) in [7, 11) is 0. The van der Waals surface area contributed by atoms with Crippen molar-refractivity contribution in [3.8, 4) is 5.75 Å². The van der Waals surface area contributed by atoms with Crippen LogP contribution in [0, 0.1) is 0 Å². The molecule has 0 atom stereocenters. The zero-order valence-electron chi connectivity index (χ0n) is 11.8. The molecule has 0 aromatic heterocycles.